The molecule has 0 spiro atoms. The van der Waals surface area contributed by atoms with E-state index in [1.807, 2.05) is 34.8 Å². The number of likely N-dealkylation sites (N-methyl/N-ethyl adjacent to an activating group) is 1. The van der Waals surface area contributed by atoms with E-state index in [2.05, 4.69) is 44.0 Å². The van der Waals surface area contributed by atoms with E-state index < -0.39 is 5.97 Å². The molecule has 1 atom stereocenters. The van der Waals surface area contributed by atoms with Gasteiger partial charge < -0.3 is 5.11 Å². The summed E-state index contributed by atoms with van der Waals surface area (Å²) in [5, 5.41) is 14.0. The molecule has 1 aromatic carbocycles. The van der Waals surface area contributed by atoms with E-state index in [1.165, 1.54) is 5.56 Å². The third-order valence-electron chi connectivity index (χ3n) is 5.71. The number of carboxylic acids is 1. The lowest BCUT2D eigenvalue weighted by Crippen LogP contribution is -2.36. The number of benzene rings is 1. The first kappa shape index (κ1) is 21.5. The third kappa shape index (κ3) is 5.67. The van der Waals surface area contributed by atoms with Crippen LogP contribution in [0.25, 0.3) is 5.69 Å². The predicted octanol–water partition coefficient (Wildman–Crippen LogP) is 3.54. The summed E-state index contributed by atoms with van der Waals surface area (Å²) in [6, 6.07) is 10.6. The molecule has 29 heavy (non-hydrogen) atoms. The fourth-order valence-electron chi connectivity index (χ4n) is 4.19. The predicted molar refractivity (Wildman–Crippen MR) is 115 cm³/mol. The quantitative estimate of drug-likeness (QED) is 0.806. The molecule has 1 aliphatic rings. The highest BCUT2D eigenvalue weighted by atomic mass is 16.4. The summed E-state index contributed by atoms with van der Waals surface area (Å²) in [6.45, 7) is 9.66. The maximum absolute atomic E-state index is 11.0. The van der Waals surface area contributed by atoms with E-state index in [-0.39, 0.29) is 12.0 Å². The van der Waals surface area contributed by atoms with Gasteiger partial charge in [0.15, 0.2) is 0 Å². The van der Waals surface area contributed by atoms with E-state index in [0.29, 0.717) is 6.04 Å². The van der Waals surface area contributed by atoms with Crippen LogP contribution in [0, 0.1) is 0 Å². The normalized spacial score (nSPS) is 18.7. The van der Waals surface area contributed by atoms with Gasteiger partial charge in [-0.05, 0) is 51.5 Å². The monoisotopic (exact) mass is 398 g/mol. The fourth-order valence-corrected chi connectivity index (χ4v) is 4.19. The highest BCUT2D eigenvalue weighted by Crippen LogP contribution is 2.27. The number of nitrogens with zero attached hydrogens (tertiary/aromatic N) is 4. The van der Waals surface area contributed by atoms with Crippen LogP contribution in [0.15, 0.2) is 36.5 Å². The zero-order chi connectivity index (χ0) is 21.0. The first-order valence-corrected chi connectivity index (χ1v) is 10.5. The van der Waals surface area contributed by atoms with Gasteiger partial charge in [-0.25, -0.2) is 4.68 Å². The molecule has 0 bridgehead atoms. The lowest BCUT2D eigenvalue weighted by molar-refractivity contribution is -0.138. The SMILES string of the molecule is CN(CC(=O)O)C1CCCN(Cc2cn(-c3ccccc3)nc2C(C)(C)C)CC1. The molecule has 0 amide bonds. The molecule has 1 unspecified atom stereocenters. The van der Waals surface area contributed by atoms with Gasteiger partial charge in [0, 0.05) is 29.8 Å². The van der Waals surface area contributed by atoms with Crippen molar-refractivity contribution < 1.29 is 9.90 Å². The van der Waals surface area contributed by atoms with Gasteiger partial charge in [0.2, 0.25) is 0 Å². The lowest BCUT2D eigenvalue weighted by Gasteiger charge is -2.26. The van der Waals surface area contributed by atoms with Crippen molar-refractivity contribution >= 4 is 5.97 Å². The first-order chi connectivity index (χ1) is 13.7. The van der Waals surface area contributed by atoms with Gasteiger partial charge in [-0.1, -0.05) is 39.0 Å². The summed E-state index contributed by atoms with van der Waals surface area (Å²) in [5.74, 6) is -0.753. The first-order valence-electron chi connectivity index (χ1n) is 10.5. The van der Waals surface area contributed by atoms with Crippen molar-refractivity contribution in [3.8, 4) is 5.69 Å². The molecule has 0 saturated carbocycles. The van der Waals surface area contributed by atoms with Gasteiger partial charge in [0.05, 0.1) is 17.9 Å². The number of likely N-dealkylation sites (tertiary alicyclic amines) is 1. The van der Waals surface area contributed by atoms with Crippen LogP contribution in [-0.2, 0) is 16.8 Å². The summed E-state index contributed by atoms with van der Waals surface area (Å²) < 4.78 is 2.00. The van der Waals surface area contributed by atoms with Crippen molar-refractivity contribution in [2.24, 2.45) is 0 Å². The molecule has 0 radical (unpaired) electrons. The molecule has 3 rings (SSSR count). The number of para-hydroxylation sites is 1. The second-order valence-electron chi connectivity index (χ2n) is 9.20. The molecule has 2 heterocycles. The Balaban J connectivity index is 1.74. The molecular formula is C23H34N4O2. The Labute approximate surface area is 174 Å². The fraction of sp³-hybridized carbons (Fsp3) is 0.565. The standard InChI is InChI=1S/C23H34N4O2/c1-23(2,3)22-18(16-27(24-22)20-9-6-5-7-10-20)15-26-13-8-11-19(12-14-26)25(4)17-21(28)29/h5-7,9-10,16,19H,8,11-15,17H2,1-4H3,(H,28,29). The van der Waals surface area contributed by atoms with E-state index >= 15 is 0 Å². The Morgan fingerprint density at radius 1 is 1.21 bits per heavy atom. The molecule has 6 nitrogen and oxygen atoms in total. The van der Waals surface area contributed by atoms with Crippen molar-refractivity contribution in [3.63, 3.8) is 0 Å². The zero-order valence-corrected chi connectivity index (χ0v) is 18.1. The molecule has 1 aliphatic heterocycles. The zero-order valence-electron chi connectivity index (χ0n) is 18.1. The Morgan fingerprint density at radius 3 is 2.59 bits per heavy atom. The van der Waals surface area contributed by atoms with Crippen LogP contribution in [-0.4, -0.2) is 63.4 Å². The van der Waals surface area contributed by atoms with Crippen molar-refractivity contribution in [2.75, 3.05) is 26.7 Å². The van der Waals surface area contributed by atoms with E-state index in [1.54, 1.807) is 0 Å². The second kappa shape index (κ2) is 9.09. The van der Waals surface area contributed by atoms with E-state index in [0.717, 1.165) is 50.3 Å². The summed E-state index contributed by atoms with van der Waals surface area (Å²) in [7, 11) is 1.93. The van der Waals surface area contributed by atoms with Crippen LogP contribution in [0.5, 0.6) is 0 Å². The van der Waals surface area contributed by atoms with Gasteiger partial charge >= 0.3 is 5.97 Å². The second-order valence-corrected chi connectivity index (χ2v) is 9.20. The van der Waals surface area contributed by atoms with Crippen molar-refractivity contribution in [1.29, 1.82) is 0 Å². The molecule has 1 saturated heterocycles. The minimum absolute atomic E-state index is 0.0224. The smallest absolute Gasteiger partial charge is 0.317 e. The van der Waals surface area contributed by atoms with Crippen molar-refractivity contribution in [1.82, 2.24) is 19.6 Å². The Hall–Kier alpha value is -2.18. The van der Waals surface area contributed by atoms with Crippen molar-refractivity contribution in [2.45, 2.75) is 58.0 Å². The largest absolute Gasteiger partial charge is 0.480 e. The number of carbonyl (C=O) groups is 1. The number of hydrogen-bond acceptors (Lipinski definition) is 4. The summed E-state index contributed by atoms with van der Waals surface area (Å²) in [5.41, 5.74) is 3.48. The van der Waals surface area contributed by atoms with Crippen LogP contribution in [0.1, 0.15) is 51.3 Å². The summed E-state index contributed by atoms with van der Waals surface area (Å²) >= 11 is 0. The van der Waals surface area contributed by atoms with Gasteiger partial charge in [-0.3, -0.25) is 14.6 Å². The minimum atomic E-state index is -0.753. The van der Waals surface area contributed by atoms with Crippen LogP contribution in [0.4, 0.5) is 0 Å². The molecular weight excluding hydrogens is 364 g/mol. The van der Waals surface area contributed by atoms with Crippen LogP contribution >= 0.6 is 0 Å². The topological polar surface area (TPSA) is 61.6 Å². The maximum Gasteiger partial charge on any atom is 0.317 e. The summed E-state index contributed by atoms with van der Waals surface area (Å²) in [6.07, 6.45) is 5.32. The van der Waals surface area contributed by atoms with E-state index in [9.17, 15) is 4.79 Å². The number of rotatable bonds is 6. The molecule has 6 heteroatoms. The van der Waals surface area contributed by atoms with Gasteiger partial charge in [0.25, 0.3) is 0 Å². The molecule has 2 aromatic rings. The van der Waals surface area contributed by atoms with Crippen LogP contribution in [0.3, 0.4) is 0 Å². The number of aromatic nitrogens is 2. The van der Waals surface area contributed by atoms with Crippen LogP contribution in [0.2, 0.25) is 0 Å². The highest BCUT2D eigenvalue weighted by molar-refractivity contribution is 5.69. The number of hydrogen-bond donors (Lipinski definition) is 1. The highest BCUT2D eigenvalue weighted by Gasteiger charge is 2.26. The van der Waals surface area contributed by atoms with Gasteiger partial charge in [-0.15, -0.1) is 0 Å². The molecule has 1 aromatic heterocycles. The van der Waals surface area contributed by atoms with Crippen LogP contribution < -0.4 is 0 Å². The maximum atomic E-state index is 11.0. The molecule has 158 valence electrons. The summed E-state index contributed by atoms with van der Waals surface area (Å²) in [4.78, 5) is 15.5. The van der Waals surface area contributed by atoms with Gasteiger partial charge in [-0.2, -0.15) is 5.10 Å². The minimum Gasteiger partial charge on any atom is -0.480 e. The average Bonchev–Trinajstić information content (AvgIpc) is 2.94. The van der Waals surface area contributed by atoms with Gasteiger partial charge in [0.1, 0.15) is 0 Å². The molecule has 0 aliphatic carbocycles. The average molecular weight is 399 g/mol. The van der Waals surface area contributed by atoms with Crippen molar-refractivity contribution in [3.05, 3.63) is 47.8 Å². The molecule has 1 fully saturated rings. The Kier molecular flexibility index (Phi) is 6.75. The molecule has 1 N–H and O–H groups in total. The number of aliphatic carboxylic acids is 1. The number of carboxylic acid groups (broad SMARTS) is 1. The Bertz CT molecular complexity index is 810. The van der Waals surface area contributed by atoms with E-state index in [4.69, 9.17) is 10.2 Å². The Morgan fingerprint density at radius 2 is 1.93 bits per heavy atom. The third-order valence-corrected chi connectivity index (χ3v) is 5.71. The lowest BCUT2D eigenvalue weighted by atomic mass is 9.89.